The molecule has 2 fully saturated rings. The van der Waals surface area contributed by atoms with E-state index >= 15 is 0 Å². The molecule has 1 aromatic rings. The SMILES string of the molecule is CC(Cc1ccc(F)cc1)NCC1CC2CCC(C1)N2C. The van der Waals surface area contributed by atoms with Gasteiger partial charge in [-0.25, -0.2) is 4.39 Å². The van der Waals surface area contributed by atoms with E-state index in [1.54, 1.807) is 12.1 Å². The number of nitrogens with zero attached hydrogens (tertiary/aromatic N) is 1. The summed E-state index contributed by atoms with van der Waals surface area (Å²) >= 11 is 0. The summed E-state index contributed by atoms with van der Waals surface area (Å²) in [6, 6.07) is 8.98. The van der Waals surface area contributed by atoms with Crippen LogP contribution in [0.1, 0.15) is 38.2 Å². The number of rotatable bonds is 5. The van der Waals surface area contributed by atoms with Gasteiger partial charge in [-0.1, -0.05) is 12.1 Å². The molecule has 0 spiro atoms. The first-order valence-electron chi connectivity index (χ1n) is 8.31. The smallest absolute Gasteiger partial charge is 0.123 e. The molecule has 2 heterocycles. The second-order valence-corrected chi connectivity index (χ2v) is 7.03. The number of fused-ring (bicyclic) bond motifs is 2. The van der Waals surface area contributed by atoms with Crippen molar-refractivity contribution in [3.05, 3.63) is 35.6 Å². The zero-order valence-corrected chi connectivity index (χ0v) is 13.2. The van der Waals surface area contributed by atoms with Crippen molar-refractivity contribution in [1.29, 1.82) is 0 Å². The van der Waals surface area contributed by atoms with Crippen LogP contribution in [0.25, 0.3) is 0 Å². The standard InChI is InChI=1S/C18H27FN2/c1-13(9-14-3-5-16(19)6-4-14)20-12-15-10-17-7-8-18(11-15)21(17)2/h3-6,13,15,17-18,20H,7-12H2,1-2H3. The van der Waals surface area contributed by atoms with E-state index in [9.17, 15) is 4.39 Å². The van der Waals surface area contributed by atoms with E-state index in [-0.39, 0.29) is 5.82 Å². The monoisotopic (exact) mass is 290 g/mol. The number of halogens is 1. The lowest BCUT2D eigenvalue weighted by Crippen LogP contribution is -2.43. The predicted octanol–water partition coefficient (Wildman–Crippen LogP) is 3.22. The minimum atomic E-state index is -0.152. The fourth-order valence-corrected chi connectivity index (χ4v) is 4.10. The molecule has 0 aliphatic carbocycles. The molecule has 3 atom stereocenters. The second-order valence-electron chi connectivity index (χ2n) is 7.03. The molecule has 3 rings (SSSR count). The van der Waals surface area contributed by atoms with E-state index in [2.05, 4.69) is 24.2 Å². The van der Waals surface area contributed by atoms with Crippen molar-refractivity contribution in [3.8, 4) is 0 Å². The van der Waals surface area contributed by atoms with Crippen molar-refractivity contribution in [2.24, 2.45) is 5.92 Å². The molecule has 2 aliphatic heterocycles. The van der Waals surface area contributed by atoms with Crippen LogP contribution in [-0.4, -0.2) is 36.6 Å². The largest absolute Gasteiger partial charge is 0.314 e. The van der Waals surface area contributed by atoms with Crippen LogP contribution in [0.5, 0.6) is 0 Å². The van der Waals surface area contributed by atoms with E-state index in [1.807, 2.05) is 12.1 Å². The van der Waals surface area contributed by atoms with Crippen molar-refractivity contribution in [3.63, 3.8) is 0 Å². The lowest BCUT2D eigenvalue weighted by atomic mass is 9.91. The number of nitrogens with one attached hydrogen (secondary N) is 1. The van der Waals surface area contributed by atoms with Gasteiger partial charge in [-0.3, -0.25) is 0 Å². The Labute approximate surface area is 127 Å². The van der Waals surface area contributed by atoms with Gasteiger partial charge in [0.1, 0.15) is 5.82 Å². The van der Waals surface area contributed by atoms with Gasteiger partial charge in [-0.15, -0.1) is 0 Å². The molecule has 1 N–H and O–H groups in total. The molecular weight excluding hydrogens is 263 g/mol. The lowest BCUT2D eigenvalue weighted by Gasteiger charge is -2.36. The molecule has 3 unspecified atom stereocenters. The molecule has 2 nitrogen and oxygen atoms in total. The van der Waals surface area contributed by atoms with Crippen molar-refractivity contribution in [1.82, 2.24) is 10.2 Å². The summed E-state index contributed by atoms with van der Waals surface area (Å²) in [7, 11) is 2.29. The first-order chi connectivity index (χ1) is 10.1. The van der Waals surface area contributed by atoms with Crippen LogP contribution in [0.2, 0.25) is 0 Å². The normalized spacial score (nSPS) is 30.5. The fourth-order valence-electron chi connectivity index (χ4n) is 4.10. The van der Waals surface area contributed by atoms with Crippen LogP contribution in [0.4, 0.5) is 4.39 Å². The summed E-state index contributed by atoms with van der Waals surface area (Å²) < 4.78 is 12.9. The lowest BCUT2D eigenvalue weighted by molar-refractivity contribution is 0.131. The maximum absolute atomic E-state index is 12.9. The van der Waals surface area contributed by atoms with Gasteiger partial charge in [-0.2, -0.15) is 0 Å². The maximum atomic E-state index is 12.9. The summed E-state index contributed by atoms with van der Waals surface area (Å²) in [5.74, 6) is 0.676. The van der Waals surface area contributed by atoms with Crippen LogP contribution in [-0.2, 0) is 6.42 Å². The maximum Gasteiger partial charge on any atom is 0.123 e. The predicted molar refractivity (Wildman–Crippen MR) is 84.9 cm³/mol. The van der Waals surface area contributed by atoms with Crippen molar-refractivity contribution in [2.75, 3.05) is 13.6 Å². The minimum absolute atomic E-state index is 0.152. The summed E-state index contributed by atoms with van der Waals surface area (Å²) in [5.41, 5.74) is 1.21. The van der Waals surface area contributed by atoms with Crippen LogP contribution in [0.15, 0.2) is 24.3 Å². The average molecular weight is 290 g/mol. The zero-order chi connectivity index (χ0) is 14.8. The molecule has 2 aliphatic rings. The van der Waals surface area contributed by atoms with Gasteiger partial charge < -0.3 is 10.2 Å². The molecule has 2 saturated heterocycles. The molecule has 2 bridgehead atoms. The first-order valence-corrected chi connectivity index (χ1v) is 8.31. The molecule has 1 aromatic carbocycles. The Hall–Kier alpha value is -0.930. The molecule has 3 heteroatoms. The van der Waals surface area contributed by atoms with Gasteiger partial charge in [0.15, 0.2) is 0 Å². The van der Waals surface area contributed by atoms with Crippen LogP contribution >= 0.6 is 0 Å². The van der Waals surface area contributed by atoms with Crippen molar-refractivity contribution >= 4 is 0 Å². The zero-order valence-electron chi connectivity index (χ0n) is 13.2. The number of hydrogen-bond donors (Lipinski definition) is 1. The van der Waals surface area contributed by atoms with E-state index in [0.29, 0.717) is 6.04 Å². The average Bonchev–Trinajstić information content (AvgIpc) is 2.70. The first kappa shape index (κ1) is 15.0. The number of hydrogen-bond acceptors (Lipinski definition) is 2. The second kappa shape index (κ2) is 6.45. The number of benzene rings is 1. The van der Waals surface area contributed by atoms with Gasteiger partial charge in [0, 0.05) is 18.1 Å². The molecule has 21 heavy (non-hydrogen) atoms. The highest BCUT2D eigenvalue weighted by atomic mass is 19.1. The van der Waals surface area contributed by atoms with Crippen LogP contribution in [0, 0.1) is 11.7 Å². The highest BCUT2D eigenvalue weighted by Crippen LogP contribution is 2.37. The Balaban J connectivity index is 1.44. The Bertz CT molecular complexity index is 445. The highest BCUT2D eigenvalue weighted by molar-refractivity contribution is 5.17. The van der Waals surface area contributed by atoms with E-state index < -0.39 is 0 Å². The van der Waals surface area contributed by atoms with Gasteiger partial charge >= 0.3 is 0 Å². The van der Waals surface area contributed by atoms with E-state index in [4.69, 9.17) is 0 Å². The van der Waals surface area contributed by atoms with Gasteiger partial charge in [0.25, 0.3) is 0 Å². The third-order valence-electron chi connectivity index (χ3n) is 5.41. The Kier molecular flexibility index (Phi) is 4.60. The summed E-state index contributed by atoms with van der Waals surface area (Å²) in [6.07, 6.45) is 6.46. The molecule has 0 saturated carbocycles. The molecular formula is C18H27FN2. The molecule has 0 amide bonds. The Morgan fingerprint density at radius 2 is 1.81 bits per heavy atom. The van der Waals surface area contributed by atoms with Crippen LogP contribution in [0.3, 0.4) is 0 Å². The molecule has 116 valence electrons. The third kappa shape index (κ3) is 3.64. The molecule has 0 radical (unpaired) electrons. The number of piperidine rings is 1. The third-order valence-corrected chi connectivity index (χ3v) is 5.41. The van der Waals surface area contributed by atoms with E-state index in [0.717, 1.165) is 31.0 Å². The Morgan fingerprint density at radius 3 is 2.43 bits per heavy atom. The minimum Gasteiger partial charge on any atom is -0.314 e. The van der Waals surface area contributed by atoms with Crippen LogP contribution < -0.4 is 5.32 Å². The van der Waals surface area contributed by atoms with Gasteiger partial charge in [0.05, 0.1) is 0 Å². The highest BCUT2D eigenvalue weighted by Gasteiger charge is 2.38. The van der Waals surface area contributed by atoms with E-state index in [1.165, 1.54) is 31.2 Å². The molecule has 0 aromatic heterocycles. The van der Waals surface area contributed by atoms with Crippen molar-refractivity contribution < 1.29 is 4.39 Å². The fraction of sp³-hybridized carbons (Fsp3) is 0.667. The van der Waals surface area contributed by atoms with Gasteiger partial charge in [-0.05, 0) is 76.2 Å². The summed E-state index contributed by atoms with van der Waals surface area (Å²) in [6.45, 7) is 3.36. The topological polar surface area (TPSA) is 15.3 Å². The summed E-state index contributed by atoms with van der Waals surface area (Å²) in [5, 5.41) is 3.69. The van der Waals surface area contributed by atoms with Crippen molar-refractivity contribution in [2.45, 2.75) is 57.2 Å². The Morgan fingerprint density at radius 1 is 1.19 bits per heavy atom. The quantitative estimate of drug-likeness (QED) is 0.896. The summed E-state index contributed by atoms with van der Waals surface area (Å²) in [4.78, 5) is 2.60. The van der Waals surface area contributed by atoms with Gasteiger partial charge in [0.2, 0.25) is 0 Å².